The van der Waals surface area contributed by atoms with Crippen molar-refractivity contribution in [2.24, 2.45) is 0 Å². The summed E-state index contributed by atoms with van der Waals surface area (Å²) < 4.78 is 27.1. The molecule has 0 atom stereocenters. The maximum Gasteiger partial charge on any atom is 0.268 e. The molecule has 0 aliphatic rings. The summed E-state index contributed by atoms with van der Waals surface area (Å²) in [7, 11) is -3.69. The van der Waals surface area contributed by atoms with E-state index in [0.29, 0.717) is 22.2 Å². The second-order valence-corrected chi connectivity index (χ2v) is 7.05. The number of aryl methyl sites for hydroxylation is 2. The predicted molar refractivity (Wildman–Crippen MR) is 85.8 cm³/mol. The normalized spacial score (nSPS) is 11.7. The molecule has 4 nitrogen and oxygen atoms in total. The second kappa shape index (κ2) is 5.10. The molecule has 0 saturated carbocycles. The van der Waals surface area contributed by atoms with Gasteiger partial charge in [0.2, 0.25) is 0 Å². The van der Waals surface area contributed by atoms with Crippen molar-refractivity contribution in [3.63, 3.8) is 0 Å². The third-order valence-electron chi connectivity index (χ3n) is 3.70. The van der Waals surface area contributed by atoms with Crippen molar-refractivity contribution in [3.8, 4) is 0 Å². The van der Waals surface area contributed by atoms with Crippen LogP contribution < -0.4 is 0 Å². The Morgan fingerprint density at radius 2 is 1.68 bits per heavy atom. The lowest BCUT2D eigenvalue weighted by molar-refractivity contribution is 0.112. The van der Waals surface area contributed by atoms with E-state index in [0.717, 1.165) is 11.8 Å². The van der Waals surface area contributed by atoms with Gasteiger partial charge in [0.15, 0.2) is 6.29 Å². The zero-order valence-electron chi connectivity index (χ0n) is 12.3. The molecule has 0 bridgehead atoms. The smallest absolute Gasteiger partial charge is 0.268 e. The second-order valence-electron chi connectivity index (χ2n) is 5.27. The van der Waals surface area contributed by atoms with Gasteiger partial charge in [0.05, 0.1) is 10.4 Å². The molecular formula is C17H15NO3S. The van der Waals surface area contributed by atoms with Crippen molar-refractivity contribution in [1.29, 1.82) is 0 Å². The zero-order chi connectivity index (χ0) is 15.9. The molecule has 3 rings (SSSR count). The molecule has 1 heterocycles. The molecule has 0 aliphatic carbocycles. The summed E-state index contributed by atoms with van der Waals surface area (Å²) in [6.07, 6.45) is 0.741. The SMILES string of the molecule is Cc1ccc(S(=O)(=O)n2c(C)cc3c(C=O)cccc32)cc1. The summed E-state index contributed by atoms with van der Waals surface area (Å²) in [4.78, 5) is 11.4. The Labute approximate surface area is 129 Å². The van der Waals surface area contributed by atoms with Gasteiger partial charge in [-0.25, -0.2) is 12.4 Å². The minimum absolute atomic E-state index is 0.232. The van der Waals surface area contributed by atoms with Crippen LogP contribution in [0, 0.1) is 13.8 Å². The van der Waals surface area contributed by atoms with Crippen LogP contribution >= 0.6 is 0 Å². The van der Waals surface area contributed by atoms with Gasteiger partial charge in [-0.2, -0.15) is 0 Å². The lowest BCUT2D eigenvalue weighted by Crippen LogP contribution is -2.14. The van der Waals surface area contributed by atoms with Crippen molar-refractivity contribution < 1.29 is 13.2 Å². The minimum Gasteiger partial charge on any atom is -0.298 e. The quantitative estimate of drug-likeness (QED) is 0.697. The third kappa shape index (κ3) is 2.14. The Balaban J connectivity index is 2.32. The van der Waals surface area contributed by atoms with E-state index in [9.17, 15) is 13.2 Å². The van der Waals surface area contributed by atoms with Crippen LogP contribution in [0.5, 0.6) is 0 Å². The minimum atomic E-state index is -3.69. The fourth-order valence-electron chi connectivity index (χ4n) is 2.60. The first-order chi connectivity index (χ1) is 10.4. The molecule has 22 heavy (non-hydrogen) atoms. The Kier molecular flexibility index (Phi) is 3.37. The van der Waals surface area contributed by atoms with E-state index >= 15 is 0 Å². The van der Waals surface area contributed by atoms with Gasteiger partial charge in [0.1, 0.15) is 0 Å². The molecule has 0 fully saturated rings. The first-order valence-electron chi connectivity index (χ1n) is 6.83. The van der Waals surface area contributed by atoms with E-state index in [1.165, 1.54) is 3.97 Å². The fourth-order valence-corrected chi connectivity index (χ4v) is 4.14. The first-order valence-corrected chi connectivity index (χ1v) is 8.27. The van der Waals surface area contributed by atoms with Crippen LogP contribution in [0.15, 0.2) is 53.4 Å². The lowest BCUT2D eigenvalue weighted by atomic mass is 10.1. The van der Waals surface area contributed by atoms with Crippen molar-refractivity contribution in [3.05, 3.63) is 65.4 Å². The lowest BCUT2D eigenvalue weighted by Gasteiger charge is -2.10. The molecule has 5 heteroatoms. The summed E-state index contributed by atoms with van der Waals surface area (Å²) in [6, 6.07) is 13.5. The van der Waals surface area contributed by atoms with Crippen LogP contribution in [-0.2, 0) is 10.0 Å². The number of carbonyl (C=O) groups excluding carboxylic acids is 1. The van der Waals surface area contributed by atoms with Gasteiger partial charge in [-0.1, -0.05) is 29.8 Å². The number of hydrogen-bond acceptors (Lipinski definition) is 3. The number of nitrogens with zero attached hydrogens (tertiary/aromatic N) is 1. The molecule has 0 saturated heterocycles. The molecule has 0 aliphatic heterocycles. The molecule has 0 spiro atoms. The average molecular weight is 313 g/mol. The zero-order valence-corrected chi connectivity index (χ0v) is 13.1. The number of aromatic nitrogens is 1. The highest BCUT2D eigenvalue weighted by Crippen LogP contribution is 2.27. The van der Waals surface area contributed by atoms with Gasteiger partial charge < -0.3 is 0 Å². The van der Waals surface area contributed by atoms with Crippen LogP contribution in [0.2, 0.25) is 0 Å². The number of benzene rings is 2. The first kappa shape index (κ1) is 14.5. The Morgan fingerprint density at radius 3 is 2.32 bits per heavy atom. The molecule has 0 unspecified atom stereocenters. The average Bonchev–Trinajstić information content (AvgIpc) is 2.84. The summed E-state index contributed by atoms with van der Waals surface area (Å²) in [5, 5.41) is 0.644. The highest BCUT2D eigenvalue weighted by atomic mass is 32.2. The Hall–Kier alpha value is -2.40. The van der Waals surface area contributed by atoms with Crippen LogP contribution in [0.1, 0.15) is 21.6 Å². The van der Waals surface area contributed by atoms with Crippen LogP contribution in [0.4, 0.5) is 0 Å². The van der Waals surface area contributed by atoms with Crippen molar-refractivity contribution in [2.45, 2.75) is 18.7 Å². The van der Waals surface area contributed by atoms with E-state index < -0.39 is 10.0 Å². The summed E-state index contributed by atoms with van der Waals surface area (Å²) in [6.45, 7) is 3.63. The van der Waals surface area contributed by atoms with E-state index in [-0.39, 0.29) is 4.90 Å². The standard InChI is InChI=1S/C17H15NO3S/c1-12-6-8-15(9-7-12)22(20,21)18-13(2)10-16-14(11-19)4-3-5-17(16)18/h3-11H,1-2H3. The number of aldehydes is 1. The number of fused-ring (bicyclic) bond motifs is 1. The van der Waals surface area contributed by atoms with Gasteiger partial charge >= 0.3 is 0 Å². The topological polar surface area (TPSA) is 56.1 Å². The van der Waals surface area contributed by atoms with Crippen LogP contribution in [-0.4, -0.2) is 18.7 Å². The maximum absolute atomic E-state index is 12.9. The van der Waals surface area contributed by atoms with E-state index in [1.807, 2.05) is 6.92 Å². The van der Waals surface area contributed by atoms with Gasteiger partial charge in [-0.3, -0.25) is 4.79 Å². The molecule has 1 aromatic heterocycles. The number of hydrogen-bond donors (Lipinski definition) is 0. The van der Waals surface area contributed by atoms with Crippen molar-refractivity contribution >= 4 is 27.2 Å². The summed E-state index contributed by atoms with van der Waals surface area (Å²) >= 11 is 0. The molecule has 112 valence electrons. The van der Waals surface area contributed by atoms with Gasteiger partial charge in [-0.15, -0.1) is 0 Å². The molecule has 3 aromatic rings. The summed E-state index contributed by atoms with van der Waals surface area (Å²) in [5.74, 6) is 0. The predicted octanol–water partition coefficient (Wildman–Crippen LogP) is 3.31. The molecule has 0 radical (unpaired) electrons. The largest absolute Gasteiger partial charge is 0.298 e. The van der Waals surface area contributed by atoms with E-state index in [2.05, 4.69) is 0 Å². The van der Waals surface area contributed by atoms with Gasteiger partial charge in [0, 0.05) is 16.6 Å². The van der Waals surface area contributed by atoms with Gasteiger partial charge in [-0.05, 0) is 38.1 Å². The molecule has 2 aromatic carbocycles. The van der Waals surface area contributed by atoms with E-state index in [4.69, 9.17) is 0 Å². The molecule has 0 N–H and O–H groups in total. The van der Waals surface area contributed by atoms with Gasteiger partial charge in [0.25, 0.3) is 10.0 Å². The molecular weight excluding hydrogens is 298 g/mol. The number of rotatable bonds is 3. The van der Waals surface area contributed by atoms with Crippen LogP contribution in [0.25, 0.3) is 10.9 Å². The monoisotopic (exact) mass is 313 g/mol. The highest BCUT2D eigenvalue weighted by molar-refractivity contribution is 7.90. The highest BCUT2D eigenvalue weighted by Gasteiger charge is 2.22. The number of carbonyl (C=O) groups is 1. The Morgan fingerprint density at radius 1 is 1.00 bits per heavy atom. The van der Waals surface area contributed by atoms with Crippen molar-refractivity contribution in [2.75, 3.05) is 0 Å². The maximum atomic E-state index is 12.9. The summed E-state index contributed by atoms with van der Waals surface area (Å²) in [5.41, 5.74) is 2.57. The van der Waals surface area contributed by atoms with E-state index in [1.54, 1.807) is 55.5 Å². The fraction of sp³-hybridized carbons (Fsp3) is 0.118. The van der Waals surface area contributed by atoms with Crippen LogP contribution in [0.3, 0.4) is 0 Å². The van der Waals surface area contributed by atoms with Crippen molar-refractivity contribution in [1.82, 2.24) is 3.97 Å². The molecule has 0 amide bonds. The third-order valence-corrected chi connectivity index (χ3v) is 5.53. The Bertz CT molecular complexity index is 967.